The van der Waals surface area contributed by atoms with Crippen molar-refractivity contribution in [1.82, 2.24) is 0 Å². The lowest BCUT2D eigenvalue weighted by molar-refractivity contribution is -0.137. The van der Waals surface area contributed by atoms with Crippen molar-refractivity contribution in [3.05, 3.63) is 23.3 Å². The van der Waals surface area contributed by atoms with Gasteiger partial charge in [0.2, 0.25) is 0 Å². The number of carbonyl (C=O) groups is 1. The summed E-state index contributed by atoms with van der Waals surface area (Å²) in [5, 5.41) is 8.75. The maximum absolute atomic E-state index is 10.6. The number of carboxylic acid groups (broad SMARTS) is 1. The number of carboxylic acids is 1. The molecule has 0 radical (unpaired) electrons. The number of hydrogen-bond acceptors (Lipinski definition) is 3. The standard InChI is InChI=1S/C13H14O4/c14-12(15)4-1-8-7-17-11-3-2-10-9(13(8)11)5-6-16-10/h2-3,8H,1,4-7H2,(H,14,15). The van der Waals surface area contributed by atoms with Gasteiger partial charge in [-0.25, -0.2) is 0 Å². The van der Waals surface area contributed by atoms with Crippen molar-refractivity contribution in [3.8, 4) is 11.5 Å². The average molecular weight is 234 g/mol. The van der Waals surface area contributed by atoms with Gasteiger partial charge in [0.15, 0.2) is 0 Å². The monoisotopic (exact) mass is 234 g/mol. The Kier molecular flexibility index (Phi) is 2.42. The van der Waals surface area contributed by atoms with Crippen molar-refractivity contribution in [3.63, 3.8) is 0 Å². The Bertz CT molecular complexity index is 467. The van der Waals surface area contributed by atoms with Gasteiger partial charge < -0.3 is 14.6 Å². The van der Waals surface area contributed by atoms with Gasteiger partial charge in [-0.3, -0.25) is 4.79 Å². The van der Waals surface area contributed by atoms with Crippen LogP contribution < -0.4 is 9.47 Å². The first-order valence-electron chi connectivity index (χ1n) is 5.89. The third kappa shape index (κ3) is 1.73. The number of rotatable bonds is 3. The molecule has 3 rings (SSSR count). The van der Waals surface area contributed by atoms with Gasteiger partial charge in [-0.2, -0.15) is 0 Å². The second-order valence-corrected chi connectivity index (χ2v) is 4.49. The Hall–Kier alpha value is -1.71. The summed E-state index contributed by atoms with van der Waals surface area (Å²) >= 11 is 0. The van der Waals surface area contributed by atoms with Crippen LogP contribution in [-0.4, -0.2) is 24.3 Å². The van der Waals surface area contributed by atoms with E-state index in [1.54, 1.807) is 0 Å². The van der Waals surface area contributed by atoms with Crippen molar-refractivity contribution in [2.24, 2.45) is 0 Å². The minimum absolute atomic E-state index is 0.192. The van der Waals surface area contributed by atoms with Crippen molar-refractivity contribution >= 4 is 5.97 Å². The first-order chi connectivity index (χ1) is 8.25. The number of hydrogen-bond donors (Lipinski definition) is 1. The Balaban J connectivity index is 1.90. The molecule has 1 aromatic rings. The molecule has 1 unspecified atom stereocenters. The summed E-state index contributed by atoms with van der Waals surface area (Å²) in [6, 6.07) is 3.88. The van der Waals surface area contributed by atoms with Crippen LogP contribution >= 0.6 is 0 Å². The molecule has 0 bridgehead atoms. The molecule has 0 spiro atoms. The highest BCUT2D eigenvalue weighted by molar-refractivity contribution is 5.67. The van der Waals surface area contributed by atoms with Crippen LogP contribution in [0.3, 0.4) is 0 Å². The van der Waals surface area contributed by atoms with Gasteiger partial charge in [0, 0.05) is 29.9 Å². The summed E-state index contributed by atoms with van der Waals surface area (Å²) in [6.07, 6.45) is 1.74. The molecule has 2 aliphatic heterocycles. The highest BCUT2D eigenvalue weighted by Gasteiger charge is 2.31. The Morgan fingerprint density at radius 3 is 3.00 bits per heavy atom. The third-order valence-electron chi connectivity index (χ3n) is 3.44. The minimum atomic E-state index is -0.748. The fraction of sp³-hybridized carbons (Fsp3) is 0.462. The van der Waals surface area contributed by atoms with Crippen LogP contribution in [0.5, 0.6) is 11.5 Å². The van der Waals surface area contributed by atoms with Crippen molar-refractivity contribution in [2.75, 3.05) is 13.2 Å². The smallest absolute Gasteiger partial charge is 0.303 e. The van der Waals surface area contributed by atoms with Crippen molar-refractivity contribution < 1.29 is 19.4 Å². The van der Waals surface area contributed by atoms with E-state index < -0.39 is 5.97 Å². The summed E-state index contributed by atoms with van der Waals surface area (Å²) in [4.78, 5) is 10.6. The second kappa shape index (κ2) is 3.95. The summed E-state index contributed by atoms with van der Waals surface area (Å²) in [5.74, 6) is 1.30. The van der Waals surface area contributed by atoms with Crippen LogP contribution in [0.25, 0.3) is 0 Å². The molecular weight excluding hydrogens is 220 g/mol. The van der Waals surface area contributed by atoms with E-state index in [0.717, 1.165) is 24.5 Å². The average Bonchev–Trinajstić information content (AvgIpc) is 2.91. The van der Waals surface area contributed by atoms with Gasteiger partial charge in [0.1, 0.15) is 11.5 Å². The molecule has 4 heteroatoms. The van der Waals surface area contributed by atoms with Crippen LogP contribution in [0.4, 0.5) is 0 Å². The molecule has 0 fully saturated rings. The van der Waals surface area contributed by atoms with E-state index in [2.05, 4.69) is 0 Å². The molecule has 1 N–H and O–H groups in total. The molecule has 1 aromatic carbocycles. The van der Waals surface area contributed by atoms with Gasteiger partial charge in [-0.15, -0.1) is 0 Å². The number of benzene rings is 1. The van der Waals surface area contributed by atoms with Crippen molar-refractivity contribution in [1.29, 1.82) is 0 Å². The second-order valence-electron chi connectivity index (χ2n) is 4.49. The maximum Gasteiger partial charge on any atom is 0.303 e. The van der Waals surface area contributed by atoms with Crippen molar-refractivity contribution in [2.45, 2.75) is 25.2 Å². The van der Waals surface area contributed by atoms with E-state index in [0.29, 0.717) is 13.0 Å². The Labute approximate surface area is 99.2 Å². The molecule has 4 nitrogen and oxygen atoms in total. The van der Waals surface area contributed by atoms with Crippen LogP contribution in [0.1, 0.15) is 29.9 Å². The molecule has 0 saturated carbocycles. The van der Waals surface area contributed by atoms with E-state index in [1.807, 2.05) is 12.1 Å². The number of fused-ring (bicyclic) bond motifs is 3. The highest BCUT2D eigenvalue weighted by Crippen LogP contribution is 2.44. The predicted octanol–water partition coefficient (Wildman–Crippen LogP) is 1.96. The zero-order valence-electron chi connectivity index (χ0n) is 9.44. The van der Waals surface area contributed by atoms with Gasteiger partial charge in [0.25, 0.3) is 0 Å². The topological polar surface area (TPSA) is 55.8 Å². The van der Waals surface area contributed by atoms with Crippen LogP contribution in [-0.2, 0) is 11.2 Å². The normalized spacial score (nSPS) is 20.4. The lowest BCUT2D eigenvalue weighted by Crippen LogP contribution is -2.05. The summed E-state index contributed by atoms with van der Waals surface area (Å²) in [6.45, 7) is 1.32. The van der Waals surface area contributed by atoms with E-state index in [-0.39, 0.29) is 12.3 Å². The molecule has 2 heterocycles. The molecule has 17 heavy (non-hydrogen) atoms. The molecule has 1 atom stereocenters. The number of aliphatic carboxylic acids is 1. The van der Waals surface area contributed by atoms with E-state index in [1.165, 1.54) is 11.1 Å². The highest BCUT2D eigenvalue weighted by atomic mass is 16.5. The van der Waals surface area contributed by atoms with Gasteiger partial charge in [-0.05, 0) is 18.6 Å². The quantitative estimate of drug-likeness (QED) is 0.868. The third-order valence-corrected chi connectivity index (χ3v) is 3.44. The van der Waals surface area contributed by atoms with E-state index >= 15 is 0 Å². The van der Waals surface area contributed by atoms with Gasteiger partial charge >= 0.3 is 5.97 Å². The first kappa shape index (κ1) is 10.4. The summed E-state index contributed by atoms with van der Waals surface area (Å²) in [5.41, 5.74) is 2.40. The lowest BCUT2D eigenvalue weighted by atomic mass is 9.91. The minimum Gasteiger partial charge on any atom is -0.493 e. The predicted molar refractivity (Wildman–Crippen MR) is 60.7 cm³/mol. The van der Waals surface area contributed by atoms with Crippen LogP contribution in [0.15, 0.2) is 12.1 Å². The molecular formula is C13H14O4. The van der Waals surface area contributed by atoms with Gasteiger partial charge in [-0.1, -0.05) is 0 Å². The van der Waals surface area contributed by atoms with Gasteiger partial charge in [0.05, 0.1) is 13.2 Å². The van der Waals surface area contributed by atoms with E-state index in [9.17, 15) is 4.79 Å². The fourth-order valence-electron chi connectivity index (χ4n) is 2.65. The molecule has 0 aromatic heterocycles. The summed E-state index contributed by atoms with van der Waals surface area (Å²) in [7, 11) is 0. The van der Waals surface area contributed by atoms with Crippen LogP contribution in [0.2, 0.25) is 0 Å². The first-order valence-corrected chi connectivity index (χ1v) is 5.89. The largest absolute Gasteiger partial charge is 0.493 e. The fourth-order valence-corrected chi connectivity index (χ4v) is 2.65. The molecule has 0 amide bonds. The molecule has 2 aliphatic rings. The molecule has 0 saturated heterocycles. The lowest BCUT2D eigenvalue weighted by Gasteiger charge is -2.10. The Morgan fingerprint density at radius 2 is 2.18 bits per heavy atom. The SMILES string of the molecule is O=C(O)CCC1COc2ccc3c(c21)CCO3. The maximum atomic E-state index is 10.6. The van der Waals surface area contributed by atoms with Crippen LogP contribution in [0, 0.1) is 0 Å². The molecule has 90 valence electrons. The molecule has 0 aliphatic carbocycles. The number of ether oxygens (including phenoxy) is 2. The zero-order chi connectivity index (χ0) is 11.8. The van der Waals surface area contributed by atoms with E-state index in [4.69, 9.17) is 14.6 Å². The summed E-state index contributed by atoms with van der Waals surface area (Å²) < 4.78 is 11.1. The zero-order valence-corrected chi connectivity index (χ0v) is 9.44. The Morgan fingerprint density at radius 1 is 1.35 bits per heavy atom.